The van der Waals surface area contributed by atoms with E-state index < -0.39 is 0 Å². The highest BCUT2D eigenvalue weighted by Crippen LogP contribution is 2.45. The molecule has 3 aromatic rings. The average molecular weight is 313 g/mol. The summed E-state index contributed by atoms with van der Waals surface area (Å²) in [7, 11) is 0. The minimum absolute atomic E-state index is 0.338. The van der Waals surface area contributed by atoms with E-state index in [0.29, 0.717) is 26.2 Å². The molecule has 19 heavy (non-hydrogen) atoms. The van der Waals surface area contributed by atoms with E-state index in [9.17, 15) is 4.39 Å². The smallest absolute Gasteiger partial charge is 0.186 e. The molecule has 0 saturated heterocycles. The third-order valence-electron chi connectivity index (χ3n) is 2.72. The maximum absolute atomic E-state index is 14.1. The summed E-state index contributed by atoms with van der Waals surface area (Å²) in [6.45, 7) is 0. The van der Waals surface area contributed by atoms with E-state index in [2.05, 4.69) is 10.2 Å². The minimum Gasteiger partial charge on any atom is -0.284 e. The average Bonchev–Trinajstić information content (AvgIpc) is 2.93. The minimum atomic E-state index is -0.342. The Labute approximate surface area is 122 Å². The van der Waals surface area contributed by atoms with Crippen LogP contribution in [0, 0.1) is 5.13 Å². The van der Waals surface area contributed by atoms with E-state index in [-0.39, 0.29) is 5.13 Å². The molecule has 0 spiro atoms. The van der Waals surface area contributed by atoms with E-state index in [0.717, 1.165) is 16.9 Å². The van der Waals surface area contributed by atoms with Crippen LogP contribution in [0.5, 0.6) is 0 Å². The van der Waals surface area contributed by atoms with Crippen molar-refractivity contribution in [3.8, 4) is 22.4 Å². The van der Waals surface area contributed by atoms with Gasteiger partial charge >= 0.3 is 0 Å². The second kappa shape index (κ2) is 4.96. The van der Waals surface area contributed by atoms with Gasteiger partial charge in [0.05, 0.1) is 5.02 Å². The molecule has 2 heterocycles. The Hall–Kier alpha value is -1.36. The maximum Gasteiger partial charge on any atom is 0.186 e. The van der Waals surface area contributed by atoms with Gasteiger partial charge in [-0.2, -0.15) is 9.49 Å². The van der Waals surface area contributed by atoms with Crippen LogP contribution in [0.15, 0.2) is 36.5 Å². The number of nitrogens with one attached hydrogen (secondary N) is 1. The molecule has 0 fully saturated rings. The summed E-state index contributed by atoms with van der Waals surface area (Å²) in [6.07, 6.45) is 1.54. The fourth-order valence-electron chi connectivity index (χ4n) is 1.90. The molecule has 6 heteroatoms. The molecule has 0 aliphatic rings. The predicted octanol–water partition coefficient (Wildman–Crippen LogP) is 5.25. The first-order chi connectivity index (χ1) is 9.18. The number of halogens is 3. The van der Waals surface area contributed by atoms with Gasteiger partial charge in [-0.3, -0.25) is 5.10 Å². The molecule has 3 rings (SSSR count). The van der Waals surface area contributed by atoms with E-state index in [1.165, 1.54) is 6.20 Å². The number of aromatic nitrogens is 2. The van der Waals surface area contributed by atoms with Gasteiger partial charge in [-0.05, 0) is 5.56 Å². The van der Waals surface area contributed by atoms with Crippen LogP contribution in [-0.2, 0) is 0 Å². The first-order valence-corrected chi connectivity index (χ1v) is 6.98. The Balaban J connectivity index is 2.29. The van der Waals surface area contributed by atoms with Crippen LogP contribution in [-0.4, -0.2) is 10.2 Å². The summed E-state index contributed by atoms with van der Waals surface area (Å²) in [4.78, 5) is 0. The Morgan fingerprint density at radius 3 is 2.47 bits per heavy atom. The molecule has 0 aliphatic carbocycles. The number of nitrogens with zero attached hydrogens (tertiary/aromatic N) is 1. The molecule has 1 aromatic carbocycles. The standard InChI is InChI=1S/C13H7Cl2FN2S/c14-8-6-17-18-11(8)10-9(13(16)19-12(10)15)7-4-2-1-3-5-7/h1-6H,(H,17,18). The molecular weight excluding hydrogens is 306 g/mol. The van der Waals surface area contributed by atoms with Gasteiger partial charge in [0.1, 0.15) is 10.0 Å². The quantitative estimate of drug-likeness (QED) is 0.687. The third kappa shape index (κ3) is 2.16. The topological polar surface area (TPSA) is 28.7 Å². The Morgan fingerprint density at radius 1 is 1.11 bits per heavy atom. The Morgan fingerprint density at radius 2 is 1.84 bits per heavy atom. The maximum atomic E-state index is 14.1. The second-order valence-electron chi connectivity index (χ2n) is 3.85. The normalized spacial score (nSPS) is 10.9. The van der Waals surface area contributed by atoms with E-state index in [1.807, 2.05) is 30.3 Å². The number of H-pyrrole nitrogens is 1. The monoisotopic (exact) mass is 312 g/mol. The summed E-state index contributed by atoms with van der Waals surface area (Å²) < 4.78 is 14.5. The van der Waals surface area contributed by atoms with Crippen LogP contribution in [0.4, 0.5) is 4.39 Å². The van der Waals surface area contributed by atoms with Crippen LogP contribution in [0.1, 0.15) is 0 Å². The van der Waals surface area contributed by atoms with Crippen LogP contribution < -0.4 is 0 Å². The van der Waals surface area contributed by atoms with Crippen molar-refractivity contribution in [2.24, 2.45) is 0 Å². The molecule has 2 nitrogen and oxygen atoms in total. The van der Waals surface area contributed by atoms with E-state index >= 15 is 0 Å². The lowest BCUT2D eigenvalue weighted by Crippen LogP contribution is -1.84. The zero-order valence-corrected chi connectivity index (χ0v) is 11.8. The van der Waals surface area contributed by atoms with Gasteiger partial charge < -0.3 is 0 Å². The number of thiophene rings is 1. The SMILES string of the molecule is Fc1sc(Cl)c(-c2n[nH]cc2Cl)c1-c1ccccc1. The van der Waals surface area contributed by atoms with Crippen molar-refractivity contribution in [3.63, 3.8) is 0 Å². The zero-order chi connectivity index (χ0) is 13.4. The molecule has 0 saturated carbocycles. The van der Waals surface area contributed by atoms with Gasteiger partial charge in [0.15, 0.2) is 5.13 Å². The van der Waals surface area contributed by atoms with Crippen molar-refractivity contribution < 1.29 is 4.39 Å². The molecule has 1 N–H and O–H groups in total. The van der Waals surface area contributed by atoms with Crippen LogP contribution in [0.2, 0.25) is 9.36 Å². The van der Waals surface area contributed by atoms with Gasteiger partial charge in [0, 0.05) is 17.3 Å². The van der Waals surface area contributed by atoms with Gasteiger partial charge in [-0.15, -0.1) is 0 Å². The lowest BCUT2D eigenvalue weighted by Gasteiger charge is -2.03. The highest BCUT2D eigenvalue weighted by Gasteiger charge is 2.23. The van der Waals surface area contributed by atoms with Gasteiger partial charge in [0.2, 0.25) is 0 Å². The molecule has 0 atom stereocenters. The summed E-state index contributed by atoms with van der Waals surface area (Å²) in [5.41, 5.74) is 2.18. The van der Waals surface area contributed by atoms with Crippen molar-refractivity contribution >= 4 is 34.5 Å². The summed E-state index contributed by atoms with van der Waals surface area (Å²) in [6, 6.07) is 9.21. The van der Waals surface area contributed by atoms with Crippen molar-refractivity contribution in [3.05, 3.63) is 51.0 Å². The number of benzene rings is 1. The summed E-state index contributed by atoms with van der Waals surface area (Å²) in [5, 5.41) is 6.77. The van der Waals surface area contributed by atoms with Crippen LogP contribution in [0.3, 0.4) is 0 Å². The number of hydrogen-bond donors (Lipinski definition) is 1. The first-order valence-electron chi connectivity index (χ1n) is 5.41. The molecule has 0 amide bonds. The largest absolute Gasteiger partial charge is 0.284 e. The second-order valence-corrected chi connectivity index (χ2v) is 5.83. The van der Waals surface area contributed by atoms with Crippen molar-refractivity contribution in [2.75, 3.05) is 0 Å². The van der Waals surface area contributed by atoms with E-state index in [1.54, 1.807) is 0 Å². The predicted molar refractivity (Wildman–Crippen MR) is 77.3 cm³/mol. The number of rotatable bonds is 2. The van der Waals surface area contributed by atoms with Crippen molar-refractivity contribution in [2.45, 2.75) is 0 Å². The van der Waals surface area contributed by atoms with Crippen molar-refractivity contribution in [1.82, 2.24) is 10.2 Å². The first kappa shape index (κ1) is 12.7. The van der Waals surface area contributed by atoms with E-state index in [4.69, 9.17) is 23.2 Å². The molecule has 0 radical (unpaired) electrons. The zero-order valence-electron chi connectivity index (χ0n) is 9.45. The lowest BCUT2D eigenvalue weighted by atomic mass is 10.0. The lowest BCUT2D eigenvalue weighted by molar-refractivity contribution is 0.660. The Bertz CT molecular complexity index is 722. The Kier molecular flexibility index (Phi) is 3.31. The highest BCUT2D eigenvalue weighted by atomic mass is 35.5. The van der Waals surface area contributed by atoms with Gasteiger partial charge in [-0.25, -0.2) is 0 Å². The molecule has 2 aromatic heterocycles. The number of aromatic amines is 1. The highest BCUT2D eigenvalue weighted by molar-refractivity contribution is 7.15. The summed E-state index contributed by atoms with van der Waals surface area (Å²) in [5.74, 6) is 0. The number of hydrogen-bond acceptors (Lipinski definition) is 2. The molecule has 0 aliphatic heterocycles. The molecular formula is C13H7Cl2FN2S. The van der Waals surface area contributed by atoms with Crippen LogP contribution >= 0.6 is 34.5 Å². The molecule has 0 unspecified atom stereocenters. The molecule has 0 bridgehead atoms. The van der Waals surface area contributed by atoms with Gasteiger partial charge in [0.25, 0.3) is 0 Å². The molecule has 96 valence electrons. The van der Waals surface area contributed by atoms with Gasteiger partial charge in [-0.1, -0.05) is 64.9 Å². The van der Waals surface area contributed by atoms with Crippen molar-refractivity contribution in [1.29, 1.82) is 0 Å². The third-order valence-corrected chi connectivity index (χ3v) is 4.19. The fraction of sp³-hybridized carbons (Fsp3) is 0. The fourth-order valence-corrected chi connectivity index (χ4v) is 3.25. The van der Waals surface area contributed by atoms with Crippen LogP contribution in [0.25, 0.3) is 22.4 Å². The summed E-state index contributed by atoms with van der Waals surface area (Å²) >= 11 is 13.1.